The van der Waals surface area contributed by atoms with Crippen molar-refractivity contribution in [3.8, 4) is 0 Å². The van der Waals surface area contributed by atoms with E-state index in [1.807, 2.05) is 30.3 Å². The van der Waals surface area contributed by atoms with Gasteiger partial charge < -0.3 is 15.2 Å². The molecule has 0 unspecified atom stereocenters. The largest absolute Gasteiger partial charge is 0.481 e. The van der Waals surface area contributed by atoms with Crippen molar-refractivity contribution in [1.29, 1.82) is 0 Å². The monoisotopic (exact) mass is 235 g/mol. The molecule has 1 aliphatic rings. The molecule has 1 saturated heterocycles. The predicted molar refractivity (Wildman–Crippen MR) is 65.1 cm³/mol. The molecule has 0 radical (unpaired) electrons. The zero-order valence-electron chi connectivity index (χ0n) is 9.69. The molecule has 0 saturated carbocycles. The first-order chi connectivity index (χ1) is 8.20. The lowest BCUT2D eigenvalue weighted by molar-refractivity contribution is -0.138. The Morgan fingerprint density at radius 2 is 1.94 bits per heavy atom. The molecule has 1 heterocycles. The Kier molecular flexibility index (Phi) is 3.64. The van der Waals surface area contributed by atoms with Crippen molar-refractivity contribution in [3.63, 3.8) is 0 Å². The number of ether oxygens (including phenoxy) is 1. The lowest BCUT2D eigenvalue weighted by Gasteiger charge is -2.37. The van der Waals surface area contributed by atoms with E-state index >= 15 is 0 Å². The first kappa shape index (κ1) is 11.9. The van der Waals surface area contributed by atoms with Crippen molar-refractivity contribution in [3.05, 3.63) is 30.3 Å². The average Bonchev–Trinajstić information content (AvgIpc) is 2.30. The Morgan fingerprint density at radius 3 is 2.53 bits per heavy atom. The maximum Gasteiger partial charge on any atom is 0.305 e. The summed E-state index contributed by atoms with van der Waals surface area (Å²) in [6.07, 6.45) is 1.59. The lowest BCUT2D eigenvalue weighted by Crippen LogP contribution is -2.45. The van der Waals surface area contributed by atoms with Gasteiger partial charge in [0.1, 0.15) is 0 Å². The van der Waals surface area contributed by atoms with Crippen LogP contribution in [-0.4, -0.2) is 29.8 Å². The van der Waals surface area contributed by atoms with Crippen LogP contribution >= 0.6 is 0 Å². The normalized spacial score (nSPS) is 18.6. The highest BCUT2D eigenvalue weighted by molar-refractivity contribution is 5.69. The van der Waals surface area contributed by atoms with Crippen molar-refractivity contribution in [2.24, 2.45) is 0 Å². The zero-order chi connectivity index (χ0) is 12.1. The molecule has 0 aromatic heterocycles. The minimum atomic E-state index is -0.768. The summed E-state index contributed by atoms with van der Waals surface area (Å²) in [5, 5.41) is 12.4. The van der Waals surface area contributed by atoms with E-state index in [4.69, 9.17) is 9.84 Å². The summed E-state index contributed by atoms with van der Waals surface area (Å²) >= 11 is 0. The van der Waals surface area contributed by atoms with E-state index in [1.165, 1.54) is 0 Å². The second-order valence-electron chi connectivity index (χ2n) is 4.45. The van der Waals surface area contributed by atoms with Crippen LogP contribution in [0.1, 0.15) is 19.3 Å². The highest BCUT2D eigenvalue weighted by Crippen LogP contribution is 2.29. The first-order valence-electron chi connectivity index (χ1n) is 5.83. The van der Waals surface area contributed by atoms with Gasteiger partial charge in [-0.2, -0.15) is 0 Å². The van der Waals surface area contributed by atoms with Gasteiger partial charge in [-0.1, -0.05) is 18.2 Å². The van der Waals surface area contributed by atoms with Gasteiger partial charge in [0, 0.05) is 18.9 Å². The molecule has 2 rings (SSSR count). The SMILES string of the molecule is O=C(O)CC1(Nc2ccccc2)CCOCC1. The van der Waals surface area contributed by atoms with Gasteiger partial charge in [0.2, 0.25) is 0 Å². The van der Waals surface area contributed by atoms with Crippen LogP contribution in [0.5, 0.6) is 0 Å². The van der Waals surface area contributed by atoms with Crippen LogP contribution in [0.15, 0.2) is 30.3 Å². The topological polar surface area (TPSA) is 58.6 Å². The maximum absolute atomic E-state index is 11.0. The van der Waals surface area contributed by atoms with Crippen molar-refractivity contribution in [2.75, 3.05) is 18.5 Å². The van der Waals surface area contributed by atoms with Crippen LogP contribution < -0.4 is 5.32 Å². The third kappa shape index (κ3) is 3.20. The number of anilines is 1. The van der Waals surface area contributed by atoms with Crippen LogP contribution in [0.4, 0.5) is 5.69 Å². The summed E-state index contributed by atoms with van der Waals surface area (Å²) in [7, 11) is 0. The summed E-state index contributed by atoms with van der Waals surface area (Å²) < 4.78 is 5.31. The predicted octanol–water partition coefficient (Wildman–Crippen LogP) is 2.12. The number of hydrogen-bond donors (Lipinski definition) is 2. The summed E-state index contributed by atoms with van der Waals surface area (Å²) in [5.74, 6) is -0.768. The Hall–Kier alpha value is -1.55. The number of carbonyl (C=O) groups is 1. The molecule has 1 aliphatic heterocycles. The molecule has 4 heteroatoms. The minimum absolute atomic E-state index is 0.130. The molecule has 2 N–H and O–H groups in total. The molecule has 4 nitrogen and oxygen atoms in total. The number of para-hydroxylation sites is 1. The molecule has 0 bridgehead atoms. The number of rotatable bonds is 4. The average molecular weight is 235 g/mol. The highest BCUT2D eigenvalue weighted by Gasteiger charge is 2.34. The highest BCUT2D eigenvalue weighted by atomic mass is 16.5. The van der Waals surface area contributed by atoms with E-state index in [0.29, 0.717) is 13.2 Å². The van der Waals surface area contributed by atoms with Crippen LogP contribution in [0.25, 0.3) is 0 Å². The molecule has 0 amide bonds. The summed E-state index contributed by atoms with van der Waals surface area (Å²) in [5.41, 5.74) is 0.599. The van der Waals surface area contributed by atoms with Crippen LogP contribution in [0.3, 0.4) is 0 Å². The molecular weight excluding hydrogens is 218 g/mol. The summed E-state index contributed by atoms with van der Waals surface area (Å²) in [6.45, 7) is 1.24. The number of benzene rings is 1. The van der Waals surface area contributed by atoms with Gasteiger partial charge in [-0.05, 0) is 25.0 Å². The molecule has 1 aromatic carbocycles. The van der Waals surface area contributed by atoms with Crippen LogP contribution in [0, 0.1) is 0 Å². The third-order valence-corrected chi connectivity index (χ3v) is 3.12. The van der Waals surface area contributed by atoms with E-state index in [2.05, 4.69) is 5.32 Å². The van der Waals surface area contributed by atoms with Gasteiger partial charge in [-0.25, -0.2) is 0 Å². The number of aliphatic carboxylic acids is 1. The van der Waals surface area contributed by atoms with Crippen LogP contribution in [0.2, 0.25) is 0 Å². The van der Waals surface area contributed by atoms with Crippen LogP contribution in [-0.2, 0) is 9.53 Å². The number of nitrogens with one attached hydrogen (secondary N) is 1. The lowest BCUT2D eigenvalue weighted by atomic mass is 9.86. The third-order valence-electron chi connectivity index (χ3n) is 3.12. The minimum Gasteiger partial charge on any atom is -0.481 e. The van der Waals surface area contributed by atoms with Gasteiger partial charge in [0.15, 0.2) is 0 Å². The van der Waals surface area contributed by atoms with E-state index in [9.17, 15) is 4.79 Å². The van der Waals surface area contributed by atoms with Gasteiger partial charge in [-0.15, -0.1) is 0 Å². The van der Waals surface area contributed by atoms with Gasteiger partial charge in [0.05, 0.1) is 12.0 Å². The fourth-order valence-electron chi connectivity index (χ4n) is 2.23. The molecule has 1 fully saturated rings. The van der Waals surface area contributed by atoms with E-state index in [1.54, 1.807) is 0 Å². The summed E-state index contributed by atoms with van der Waals surface area (Å²) in [4.78, 5) is 11.0. The molecule has 92 valence electrons. The standard InChI is InChI=1S/C13H17NO3/c15-12(16)10-13(6-8-17-9-7-13)14-11-4-2-1-3-5-11/h1-5,14H,6-10H2,(H,15,16). The molecule has 17 heavy (non-hydrogen) atoms. The Balaban J connectivity index is 2.12. The molecule has 0 spiro atoms. The van der Waals surface area contributed by atoms with Gasteiger partial charge in [-0.3, -0.25) is 4.79 Å². The van der Waals surface area contributed by atoms with E-state index in [-0.39, 0.29) is 12.0 Å². The summed E-state index contributed by atoms with van der Waals surface area (Å²) in [6, 6.07) is 9.74. The van der Waals surface area contributed by atoms with Gasteiger partial charge >= 0.3 is 5.97 Å². The Morgan fingerprint density at radius 1 is 1.29 bits per heavy atom. The van der Waals surface area contributed by atoms with Gasteiger partial charge in [0.25, 0.3) is 0 Å². The molecule has 0 aliphatic carbocycles. The second kappa shape index (κ2) is 5.19. The van der Waals surface area contributed by atoms with Crippen molar-refractivity contribution in [1.82, 2.24) is 0 Å². The quantitative estimate of drug-likeness (QED) is 0.839. The van der Waals surface area contributed by atoms with Crippen molar-refractivity contribution in [2.45, 2.75) is 24.8 Å². The van der Waals surface area contributed by atoms with Crippen molar-refractivity contribution >= 4 is 11.7 Å². The van der Waals surface area contributed by atoms with E-state index in [0.717, 1.165) is 18.5 Å². The smallest absolute Gasteiger partial charge is 0.305 e. The number of carboxylic acids is 1. The van der Waals surface area contributed by atoms with Crippen molar-refractivity contribution < 1.29 is 14.6 Å². The Labute approximate surface area is 101 Å². The fourth-order valence-corrected chi connectivity index (χ4v) is 2.23. The van der Waals surface area contributed by atoms with E-state index < -0.39 is 5.97 Å². The number of hydrogen-bond acceptors (Lipinski definition) is 3. The number of carboxylic acid groups (broad SMARTS) is 1. The molecule has 1 aromatic rings. The molecular formula is C13H17NO3. The fraction of sp³-hybridized carbons (Fsp3) is 0.462. The maximum atomic E-state index is 11.0. The Bertz CT molecular complexity index is 372. The second-order valence-corrected chi connectivity index (χ2v) is 4.45. The first-order valence-corrected chi connectivity index (χ1v) is 5.83. The molecule has 0 atom stereocenters. The zero-order valence-corrected chi connectivity index (χ0v) is 9.69.